The van der Waals surface area contributed by atoms with Gasteiger partial charge >= 0.3 is 0 Å². The lowest BCUT2D eigenvalue weighted by Crippen LogP contribution is -2.46. The zero-order valence-corrected chi connectivity index (χ0v) is 20.1. The van der Waals surface area contributed by atoms with E-state index in [0.29, 0.717) is 38.7 Å². The molecule has 1 fully saturated rings. The van der Waals surface area contributed by atoms with Gasteiger partial charge in [0.15, 0.2) is 5.82 Å². The Hall–Kier alpha value is -3.19. The van der Waals surface area contributed by atoms with Gasteiger partial charge in [0.1, 0.15) is 0 Å². The third-order valence-electron chi connectivity index (χ3n) is 6.36. The zero-order chi connectivity index (χ0) is 23.9. The van der Waals surface area contributed by atoms with Gasteiger partial charge in [0.2, 0.25) is 5.91 Å². The number of para-hydroxylation sites is 2. The SMILES string of the molecule is CCOCCCNC(=O)C1CCCN(c2nc3ccccc3n(Cc3ccc(C)cc3)c2=O)C1. The Labute approximate surface area is 200 Å². The summed E-state index contributed by atoms with van der Waals surface area (Å²) in [6, 6.07) is 16.0. The number of rotatable bonds is 9. The lowest BCUT2D eigenvalue weighted by atomic mass is 9.97. The maximum Gasteiger partial charge on any atom is 0.294 e. The normalized spacial score (nSPS) is 16.1. The fourth-order valence-electron chi connectivity index (χ4n) is 4.48. The number of benzene rings is 2. The van der Waals surface area contributed by atoms with Gasteiger partial charge < -0.3 is 15.0 Å². The van der Waals surface area contributed by atoms with Gasteiger partial charge in [0.25, 0.3) is 5.56 Å². The van der Waals surface area contributed by atoms with Gasteiger partial charge in [-0.1, -0.05) is 42.0 Å². The summed E-state index contributed by atoms with van der Waals surface area (Å²) >= 11 is 0. The second-order valence-electron chi connectivity index (χ2n) is 8.93. The van der Waals surface area contributed by atoms with Crippen LogP contribution in [0.4, 0.5) is 5.82 Å². The van der Waals surface area contributed by atoms with Crippen LogP contribution in [0.2, 0.25) is 0 Å². The molecule has 1 N–H and O–H groups in total. The van der Waals surface area contributed by atoms with Crippen LogP contribution >= 0.6 is 0 Å². The highest BCUT2D eigenvalue weighted by molar-refractivity contribution is 5.80. The molecule has 0 bridgehead atoms. The van der Waals surface area contributed by atoms with Crippen molar-refractivity contribution in [1.29, 1.82) is 0 Å². The number of nitrogens with zero attached hydrogens (tertiary/aromatic N) is 3. The summed E-state index contributed by atoms with van der Waals surface area (Å²) in [5, 5.41) is 3.03. The van der Waals surface area contributed by atoms with Crippen LogP contribution in [-0.2, 0) is 16.1 Å². The van der Waals surface area contributed by atoms with Crippen molar-refractivity contribution in [3.05, 3.63) is 70.0 Å². The maximum absolute atomic E-state index is 13.6. The number of aromatic nitrogens is 2. The number of ether oxygens (including phenoxy) is 1. The lowest BCUT2D eigenvalue weighted by Gasteiger charge is -2.32. The molecule has 1 atom stereocenters. The number of aryl methyl sites for hydroxylation is 1. The first-order valence-corrected chi connectivity index (χ1v) is 12.2. The summed E-state index contributed by atoms with van der Waals surface area (Å²) in [6.07, 6.45) is 2.47. The molecule has 1 unspecified atom stereocenters. The predicted octanol–water partition coefficient (Wildman–Crippen LogP) is 3.51. The van der Waals surface area contributed by atoms with Gasteiger partial charge in [-0.15, -0.1) is 0 Å². The van der Waals surface area contributed by atoms with Crippen LogP contribution in [0.1, 0.15) is 37.3 Å². The Bertz CT molecular complexity index is 1170. The summed E-state index contributed by atoms with van der Waals surface area (Å²) in [5.41, 5.74) is 3.74. The molecule has 34 heavy (non-hydrogen) atoms. The highest BCUT2D eigenvalue weighted by Gasteiger charge is 2.28. The molecule has 2 aromatic carbocycles. The molecule has 2 heterocycles. The van der Waals surface area contributed by atoms with Crippen molar-refractivity contribution in [2.75, 3.05) is 37.7 Å². The monoisotopic (exact) mass is 462 g/mol. The van der Waals surface area contributed by atoms with E-state index in [1.54, 1.807) is 4.57 Å². The molecule has 1 amide bonds. The van der Waals surface area contributed by atoms with Crippen molar-refractivity contribution in [3.8, 4) is 0 Å². The van der Waals surface area contributed by atoms with Crippen LogP contribution in [0.15, 0.2) is 53.3 Å². The van der Waals surface area contributed by atoms with E-state index in [9.17, 15) is 9.59 Å². The molecule has 7 nitrogen and oxygen atoms in total. The second kappa shape index (κ2) is 11.3. The van der Waals surface area contributed by atoms with Crippen molar-refractivity contribution in [3.63, 3.8) is 0 Å². The van der Waals surface area contributed by atoms with Crippen LogP contribution in [0.25, 0.3) is 11.0 Å². The quantitative estimate of drug-likeness (QED) is 0.493. The minimum Gasteiger partial charge on any atom is -0.382 e. The number of hydrogen-bond acceptors (Lipinski definition) is 5. The van der Waals surface area contributed by atoms with E-state index in [4.69, 9.17) is 9.72 Å². The molecule has 7 heteroatoms. The minimum absolute atomic E-state index is 0.0435. The topological polar surface area (TPSA) is 76.5 Å². The minimum atomic E-state index is -0.154. The maximum atomic E-state index is 13.6. The Morgan fingerprint density at radius 1 is 1.18 bits per heavy atom. The van der Waals surface area contributed by atoms with Crippen molar-refractivity contribution in [1.82, 2.24) is 14.9 Å². The first-order valence-electron chi connectivity index (χ1n) is 12.2. The predicted molar refractivity (Wildman–Crippen MR) is 135 cm³/mol. The van der Waals surface area contributed by atoms with Crippen LogP contribution in [0.3, 0.4) is 0 Å². The Balaban J connectivity index is 1.56. The van der Waals surface area contributed by atoms with Crippen molar-refractivity contribution in [2.24, 2.45) is 5.92 Å². The molecule has 1 aromatic heterocycles. The largest absolute Gasteiger partial charge is 0.382 e. The van der Waals surface area contributed by atoms with Crippen molar-refractivity contribution < 1.29 is 9.53 Å². The van der Waals surface area contributed by atoms with E-state index in [2.05, 4.69) is 36.5 Å². The van der Waals surface area contributed by atoms with Crippen LogP contribution in [0, 0.1) is 12.8 Å². The molecule has 0 aliphatic carbocycles. The molecular formula is C27H34N4O3. The fourth-order valence-corrected chi connectivity index (χ4v) is 4.48. The smallest absolute Gasteiger partial charge is 0.294 e. The molecule has 1 saturated heterocycles. The summed E-state index contributed by atoms with van der Waals surface area (Å²) in [7, 11) is 0. The molecular weight excluding hydrogens is 428 g/mol. The van der Waals surface area contributed by atoms with E-state index < -0.39 is 0 Å². The van der Waals surface area contributed by atoms with E-state index in [1.165, 1.54) is 5.56 Å². The zero-order valence-electron chi connectivity index (χ0n) is 20.1. The summed E-state index contributed by atoms with van der Waals surface area (Å²) < 4.78 is 7.14. The van der Waals surface area contributed by atoms with Gasteiger partial charge in [-0.3, -0.25) is 14.2 Å². The molecule has 0 saturated carbocycles. The molecule has 4 rings (SSSR count). The van der Waals surface area contributed by atoms with Gasteiger partial charge in [0.05, 0.1) is 23.5 Å². The van der Waals surface area contributed by atoms with Crippen LogP contribution in [0.5, 0.6) is 0 Å². The number of carbonyl (C=O) groups is 1. The summed E-state index contributed by atoms with van der Waals surface area (Å²) in [5.74, 6) is 0.320. The first kappa shape index (κ1) is 24.0. The standard InChI is InChI=1S/C27H34N4O3/c1-3-34-17-7-15-28-26(32)22-8-6-16-30(19-22)25-27(33)31(18-21-13-11-20(2)12-14-21)24-10-5-4-9-23(24)29-25/h4-5,9-14,22H,3,6-8,15-19H2,1-2H3,(H,28,32). The molecule has 180 valence electrons. The number of nitrogens with one attached hydrogen (secondary N) is 1. The Morgan fingerprint density at radius 3 is 2.76 bits per heavy atom. The fraction of sp³-hybridized carbons (Fsp3) is 0.444. The number of amides is 1. The molecule has 3 aromatic rings. The van der Waals surface area contributed by atoms with Crippen molar-refractivity contribution >= 4 is 22.8 Å². The number of piperidine rings is 1. The van der Waals surface area contributed by atoms with Gasteiger partial charge in [-0.2, -0.15) is 0 Å². The molecule has 1 aliphatic rings. The first-order chi connectivity index (χ1) is 16.6. The van der Waals surface area contributed by atoms with Gasteiger partial charge in [-0.05, 0) is 50.8 Å². The second-order valence-corrected chi connectivity index (χ2v) is 8.93. The third-order valence-corrected chi connectivity index (χ3v) is 6.36. The highest BCUT2D eigenvalue weighted by atomic mass is 16.5. The van der Waals surface area contributed by atoms with E-state index in [0.717, 1.165) is 42.4 Å². The molecule has 1 aliphatic heterocycles. The van der Waals surface area contributed by atoms with E-state index >= 15 is 0 Å². The Morgan fingerprint density at radius 2 is 1.97 bits per heavy atom. The molecule has 0 spiro atoms. The number of carbonyl (C=O) groups excluding carboxylic acids is 1. The van der Waals surface area contributed by atoms with Crippen molar-refractivity contribution in [2.45, 2.75) is 39.7 Å². The summed E-state index contributed by atoms with van der Waals surface area (Å²) in [4.78, 5) is 33.1. The van der Waals surface area contributed by atoms with Crippen LogP contribution < -0.4 is 15.8 Å². The average molecular weight is 463 g/mol. The van der Waals surface area contributed by atoms with Crippen LogP contribution in [-0.4, -0.2) is 48.3 Å². The van der Waals surface area contributed by atoms with E-state index in [1.807, 2.05) is 36.1 Å². The number of fused-ring (bicyclic) bond motifs is 1. The van der Waals surface area contributed by atoms with Gasteiger partial charge in [0, 0.05) is 32.8 Å². The number of anilines is 1. The third kappa shape index (κ3) is 5.65. The van der Waals surface area contributed by atoms with Gasteiger partial charge in [-0.25, -0.2) is 4.98 Å². The highest BCUT2D eigenvalue weighted by Crippen LogP contribution is 2.22. The number of hydrogen-bond donors (Lipinski definition) is 1. The Kier molecular flexibility index (Phi) is 7.95. The lowest BCUT2D eigenvalue weighted by molar-refractivity contribution is -0.125. The van der Waals surface area contributed by atoms with E-state index in [-0.39, 0.29) is 17.4 Å². The average Bonchev–Trinajstić information content (AvgIpc) is 2.86. The molecule has 0 radical (unpaired) electrons. The summed E-state index contributed by atoms with van der Waals surface area (Å²) in [6.45, 7) is 7.66.